The molecule has 0 spiro atoms. The van der Waals surface area contributed by atoms with Crippen LogP contribution in [0, 0.1) is 6.57 Å². The molecule has 58 valence electrons. The molecule has 1 nitrogen and oxygen atoms in total. The topological polar surface area (TPSA) is 4.36 Å². The molecule has 1 rings (SSSR count). The van der Waals surface area contributed by atoms with Crippen LogP contribution >= 0.6 is 34.5 Å². The first-order chi connectivity index (χ1) is 5.31. The zero-order chi connectivity index (χ0) is 8.27. The van der Waals surface area contributed by atoms with Gasteiger partial charge in [0, 0.05) is 10.8 Å². The summed E-state index contributed by atoms with van der Waals surface area (Å²) < 4.78 is 0. The van der Waals surface area contributed by atoms with Gasteiger partial charge in [-0.05, 0) is 11.6 Å². The molecule has 0 N–H and O–H groups in total. The van der Waals surface area contributed by atoms with E-state index in [-0.39, 0.29) is 0 Å². The van der Waals surface area contributed by atoms with Crippen LogP contribution in [0.1, 0.15) is 10.4 Å². The first-order valence-electron chi connectivity index (χ1n) is 2.92. The van der Waals surface area contributed by atoms with Gasteiger partial charge >= 0.3 is 0 Å². The van der Waals surface area contributed by atoms with E-state index in [1.807, 2.05) is 0 Å². The van der Waals surface area contributed by atoms with Crippen molar-refractivity contribution < 1.29 is 0 Å². The highest BCUT2D eigenvalue weighted by atomic mass is 35.5. The molecule has 1 heterocycles. The monoisotopic (exact) mass is 205 g/mol. The van der Waals surface area contributed by atoms with Gasteiger partial charge in [0.1, 0.15) is 0 Å². The second-order valence-electron chi connectivity index (χ2n) is 1.91. The lowest BCUT2D eigenvalue weighted by atomic mass is 10.3. The standard InChI is InChI=1S/C7H5Cl2NS/c1-10-7-2-5(3-8)6(4-9)11-7/h2H,3-4H2. The Labute approximate surface area is 79.4 Å². The van der Waals surface area contributed by atoms with Crippen LogP contribution in [0.15, 0.2) is 6.07 Å². The molecule has 0 bridgehead atoms. The van der Waals surface area contributed by atoms with E-state index >= 15 is 0 Å². The van der Waals surface area contributed by atoms with Crippen LogP contribution in [0.3, 0.4) is 0 Å². The Bertz CT molecular complexity index is 266. The van der Waals surface area contributed by atoms with Crippen molar-refractivity contribution in [3.05, 3.63) is 27.9 Å². The van der Waals surface area contributed by atoms with Crippen molar-refractivity contribution >= 4 is 39.5 Å². The lowest BCUT2D eigenvalue weighted by molar-refractivity contribution is 1.35. The fraction of sp³-hybridized carbons (Fsp3) is 0.286. The van der Waals surface area contributed by atoms with Gasteiger partial charge in [0.25, 0.3) is 0 Å². The number of hydrogen-bond donors (Lipinski definition) is 0. The molecular weight excluding hydrogens is 201 g/mol. The lowest BCUT2D eigenvalue weighted by Gasteiger charge is -1.91. The van der Waals surface area contributed by atoms with Crippen molar-refractivity contribution in [2.75, 3.05) is 0 Å². The Morgan fingerprint density at radius 2 is 2.18 bits per heavy atom. The van der Waals surface area contributed by atoms with Crippen molar-refractivity contribution in [2.45, 2.75) is 11.8 Å². The molecule has 0 fully saturated rings. The van der Waals surface area contributed by atoms with Crippen LogP contribution in [0.5, 0.6) is 0 Å². The average Bonchev–Trinajstić information content (AvgIpc) is 2.46. The highest BCUT2D eigenvalue weighted by Crippen LogP contribution is 2.31. The molecule has 1 aromatic heterocycles. The molecule has 1 aromatic rings. The first-order valence-corrected chi connectivity index (χ1v) is 4.81. The van der Waals surface area contributed by atoms with Gasteiger partial charge in [-0.2, -0.15) is 11.3 Å². The highest BCUT2D eigenvalue weighted by Gasteiger charge is 2.05. The summed E-state index contributed by atoms with van der Waals surface area (Å²) in [7, 11) is 0. The van der Waals surface area contributed by atoms with E-state index in [0.29, 0.717) is 16.8 Å². The number of rotatable bonds is 2. The number of hydrogen-bond acceptors (Lipinski definition) is 1. The second kappa shape index (κ2) is 3.96. The van der Waals surface area contributed by atoms with E-state index in [1.54, 1.807) is 6.07 Å². The maximum absolute atomic E-state index is 6.75. The first kappa shape index (κ1) is 8.86. The third kappa shape index (κ3) is 1.87. The van der Waals surface area contributed by atoms with Crippen LogP contribution in [0.25, 0.3) is 4.85 Å². The fourth-order valence-corrected chi connectivity index (χ4v) is 2.20. The maximum Gasteiger partial charge on any atom is 0.241 e. The summed E-state index contributed by atoms with van der Waals surface area (Å²) in [6, 6.07) is 1.79. The molecule has 0 unspecified atom stereocenters. The number of thiophene rings is 1. The third-order valence-electron chi connectivity index (χ3n) is 1.26. The zero-order valence-corrected chi connectivity index (χ0v) is 7.93. The van der Waals surface area contributed by atoms with Gasteiger partial charge in [0.05, 0.1) is 12.5 Å². The normalized spacial score (nSPS) is 9.55. The Morgan fingerprint density at radius 1 is 1.45 bits per heavy atom. The molecule has 0 saturated carbocycles. The van der Waals surface area contributed by atoms with Gasteiger partial charge in [-0.3, -0.25) is 0 Å². The fourth-order valence-electron chi connectivity index (χ4n) is 0.732. The zero-order valence-electron chi connectivity index (χ0n) is 5.60. The predicted molar refractivity (Wildman–Crippen MR) is 49.7 cm³/mol. The second-order valence-corrected chi connectivity index (χ2v) is 3.56. The summed E-state index contributed by atoms with van der Waals surface area (Å²) in [6.07, 6.45) is 0. The minimum atomic E-state index is 0.439. The summed E-state index contributed by atoms with van der Waals surface area (Å²) in [5.74, 6) is 0.885. The highest BCUT2D eigenvalue weighted by molar-refractivity contribution is 7.16. The van der Waals surface area contributed by atoms with Crippen molar-refractivity contribution in [2.24, 2.45) is 0 Å². The molecule has 0 radical (unpaired) electrons. The molecule has 0 saturated heterocycles. The third-order valence-corrected chi connectivity index (χ3v) is 3.04. The van der Waals surface area contributed by atoms with Crippen LogP contribution in [-0.4, -0.2) is 0 Å². The van der Waals surface area contributed by atoms with E-state index in [2.05, 4.69) is 4.85 Å². The summed E-state index contributed by atoms with van der Waals surface area (Å²) >= 11 is 12.7. The predicted octanol–water partition coefficient (Wildman–Crippen LogP) is 3.78. The largest absolute Gasteiger partial charge is 0.241 e. The summed E-state index contributed by atoms with van der Waals surface area (Å²) in [4.78, 5) is 4.31. The lowest BCUT2D eigenvalue weighted by Crippen LogP contribution is -1.76. The van der Waals surface area contributed by atoms with E-state index < -0.39 is 0 Å². The van der Waals surface area contributed by atoms with Gasteiger partial charge in [0.15, 0.2) is 0 Å². The van der Waals surface area contributed by atoms with Crippen molar-refractivity contribution in [1.29, 1.82) is 0 Å². The molecule has 0 aliphatic rings. The number of nitrogens with zero attached hydrogens (tertiary/aromatic N) is 1. The van der Waals surface area contributed by atoms with Gasteiger partial charge in [-0.25, -0.2) is 4.85 Å². The Morgan fingerprint density at radius 3 is 2.55 bits per heavy atom. The number of alkyl halides is 2. The molecule has 0 aliphatic carbocycles. The van der Waals surface area contributed by atoms with Crippen LogP contribution in [0.2, 0.25) is 0 Å². The average molecular weight is 206 g/mol. The van der Waals surface area contributed by atoms with Crippen molar-refractivity contribution in [3.8, 4) is 0 Å². The summed E-state index contributed by atoms with van der Waals surface area (Å²) in [6.45, 7) is 6.75. The van der Waals surface area contributed by atoms with Gasteiger partial charge in [-0.15, -0.1) is 23.2 Å². The van der Waals surface area contributed by atoms with E-state index in [9.17, 15) is 0 Å². The Balaban J connectivity index is 3.04. The van der Waals surface area contributed by atoms with Gasteiger partial charge < -0.3 is 0 Å². The van der Waals surface area contributed by atoms with Crippen molar-refractivity contribution in [3.63, 3.8) is 0 Å². The Hall–Kier alpha value is -0.230. The minimum Gasteiger partial charge on any atom is -0.227 e. The Kier molecular flexibility index (Phi) is 3.19. The molecule has 0 aliphatic heterocycles. The van der Waals surface area contributed by atoms with Crippen LogP contribution in [0.4, 0.5) is 5.00 Å². The number of halogens is 2. The molecule has 0 atom stereocenters. The summed E-state index contributed by atoms with van der Waals surface area (Å²) in [5, 5.41) is 0.663. The maximum atomic E-state index is 6.75. The molecule has 0 amide bonds. The quantitative estimate of drug-likeness (QED) is 0.512. The van der Waals surface area contributed by atoms with Crippen LogP contribution < -0.4 is 0 Å². The SMILES string of the molecule is [C-]#[N+]c1cc(CCl)c(CCl)s1. The van der Waals surface area contributed by atoms with Gasteiger partial charge in [-0.1, -0.05) is 0 Å². The summed E-state index contributed by atoms with van der Waals surface area (Å²) in [5.41, 5.74) is 0.984. The van der Waals surface area contributed by atoms with Gasteiger partial charge in [0.2, 0.25) is 5.00 Å². The van der Waals surface area contributed by atoms with E-state index in [0.717, 1.165) is 10.4 Å². The molecular formula is C7H5Cl2NS. The molecule has 4 heteroatoms. The molecule has 11 heavy (non-hydrogen) atoms. The van der Waals surface area contributed by atoms with Crippen molar-refractivity contribution in [1.82, 2.24) is 0 Å². The molecule has 0 aromatic carbocycles. The van der Waals surface area contributed by atoms with E-state index in [4.69, 9.17) is 29.8 Å². The smallest absolute Gasteiger partial charge is 0.227 e. The van der Waals surface area contributed by atoms with E-state index in [1.165, 1.54) is 11.3 Å². The van der Waals surface area contributed by atoms with Crippen LogP contribution in [-0.2, 0) is 11.8 Å². The minimum absolute atomic E-state index is 0.439.